The molecule has 4 rings (SSSR count). The van der Waals surface area contributed by atoms with Gasteiger partial charge in [0.05, 0.1) is 18.5 Å². The predicted octanol–water partition coefficient (Wildman–Crippen LogP) is 4.47. The molecule has 1 fully saturated rings. The molecule has 2 N–H and O–H groups in total. The van der Waals surface area contributed by atoms with Crippen molar-refractivity contribution in [3.05, 3.63) is 64.7 Å². The quantitative estimate of drug-likeness (QED) is 0.366. The number of anilines is 1. The Labute approximate surface area is 203 Å². The fourth-order valence-electron chi connectivity index (χ4n) is 4.32. The summed E-state index contributed by atoms with van der Waals surface area (Å²) in [5.41, 5.74) is 2.23. The Hall–Kier alpha value is -3.07. The van der Waals surface area contributed by atoms with Gasteiger partial charge in [-0.25, -0.2) is 9.78 Å². The van der Waals surface area contributed by atoms with E-state index in [0.29, 0.717) is 33.4 Å². The zero-order valence-corrected chi connectivity index (χ0v) is 20.0. The molecule has 178 valence electrons. The van der Waals surface area contributed by atoms with E-state index in [2.05, 4.69) is 10.2 Å². The smallest absolute Gasteiger partial charge is 0.350 e. The van der Waals surface area contributed by atoms with Gasteiger partial charge in [0.25, 0.3) is 0 Å². The Bertz CT molecular complexity index is 1170. The van der Waals surface area contributed by atoms with Crippen LogP contribution in [0.5, 0.6) is 0 Å². The summed E-state index contributed by atoms with van der Waals surface area (Å²) in [5.74, 6) is -0.844. The van der Waals surface area contributed by atoms with Crippen LogP contribution in [0.25, 0.3) is 16.3 Å². The maximum atomic E-state index is 12.6. The number of esters is 1. The van der Waals surface area contributed by atoms with Crippen molar-refractivity contribution in [1.82, 2.24) is 9.88 Å². The number of ether oxygens (including phenoxy) is 1. The summed E-state index contributed by atoms with van der Waals surface area (Å²) in [6, 6.07) is 13.7. The Morgan fingerprint density at radius 3 is 2.82 bits per heavy atom. The number of benzene rings is 1. The van der Waals surface area contributed by atoms with Gasteiger partial charge in [-0.15, -0.1) is 11.3 Å². The molecule has 34 heavy (non-hydrogen) atoms. The SMILES string of the molecule is COC(=O)c1sc2nc(CN3CCCCC3CCO)ccc2c1NC(=O)/C=C/c1ccccc1. The molecule has 1 aliphatic heterocycles. The number of piperidine rings is 1. The molecule has 3 heterocycles. The third kappa shape index (κ3) is 5.70. The van der Waals surface area contributed by atoms with E-state index < -0.39 is 5.97 Å². The lowest BCUT2D eigenvalue weighted by molar-refractivity contribution is -0.111. The normalized spacial score (nSPS) is 16.7. The van der Waals surface area contributed by atoms with Crippen molar-refractivity contribution >= 4 is 45.2 Å². The zero-order chi connectivity index (χ0) is 23.9. The molecule has 0 radical (unpaired) electrons. The molecule has 1 unspecified atom stereocenters. The van der Waals surface area contributed by atoms with Gasteiger partial charge in [0.1, 0.15) is 9.71 Å². The summed E-state index contributed by atoms with van der Waals surface area (Å²) in [6.45, 7) is 1.85. The van der Waals surface area contributed by atoms with E-state index in [-0.39, 0.29) is 12.5 Å². The van der Waals surface area contributed by atoms with Crippen LogP contribution in [0.15, 0.2) is 48.5 Å². The van der Waals surface area contributed by atoms with Crippen molar-refractivity contribution in [2.45, 2.75) is 38.3 Å². The fraction of sp³-hybridized carbons (Fsp3) is 0.346. The van der Waals surface area contributed by atoms with Crippen LogP contribution in [0.1, 0.15) is 46.6 Å². The summed E-state index contributed by atoms with van der Waals surface area (Å²) in [7, 11) is 1.32. The van der Waals surface area contributed by atoms with Crippen molar-refractivity contribution in [3.8, 4) is 0 Å². The third-order valence-corrected chi connectivity index (χ3v) is 7.11. The summed E-state index contributed by atoms with van der Waals surface area (Å²) in [5, 5.41) is 13.0. The Morgan fingerprint density at radius 1 is 1.24 bits per heavy atom. The van der Waals surface area contributed by atoms with Gasteiger partial charge >= 0.3 is 5.97 Å². The summed E-state index contributed by atoms with van der Waals surface area (Å²) >= 11 is 1.22. The average molecular weight is 480 g/mol. The molecule has 0 bridgehead atoms. The topological polar surface area (TPSA) is 91.8 Å². The molecule has 7 nitrogen and oxygen atoms in total. The van der Waals surface area contributed by atoms with E-state index in [1.165, 1.54) is 30.9 Å². The standard InChI is InChI=1S/C26H29N3O4S/c1-33-26(32)24-23(28-22(31)13-10-18-7-3-2-4-8-18)21-12-11-19(27-25(21)34-24)17-29-15-6-5-9-20(29)14-16-30/h2-4,7-8,10-13,20,30H,5-6,9,14-17H2,1H3,(H,28,31)/b13-10+. The minimum Gasteiger partial charge on any atom is -0.465 e. The maximum Gasteiger partial charge on any atom is 0.350 e. The second-order valence-corrected chi connectivity index (χ2v) is 9.32. The number of thiophene rings is 1. The summed E-state index contributed by atoms with van der Waals surface area (Å²) < 4.78 is 4.95. The number of aromatic nitrogens is 1. The van der Waals surface area contributed by atoms with Crippen molar-refractivity contribution in [1.29, 1.82) is 0 Å². The van der Waals surface area contributed by atoms with Crippen LogP contribution in [-0.4, -0.2) is 53.2 Å². The largest absolute Gasteiger partial charge is 0.465 e. The van der Waals surface area contributed by atoms with E-state index in [9.17, 15) is 14.7 Å². The lowest BCUT2D eigenvalue weighted by Gasteiger charge is -2.35. The first-order chi connectivity index (χ1) is 16.6. The molecule has 1 atom stereocenters. The number of aliphatic hydroxyl groups is 1. The number of rotatable bonds is 8. The number of hydrogen-bond acceptors (Lipinski definition) is 7. The first-order valence-electron chi connectivity index (χ1n) is 11.5. The van der Waals surface area contributed by atoms with Crippen LogP contribution >= 0.6 is 11.3 Å². The van der Waals surface area contributed by atoms with E-state index in [1.54, 1.807) is 6.08 Å². The average Bonchev–Trinajstić information content (AvgIpc) is 3.21. The number of likely N-dealkylation sites (tertiary alicyclic amines) is 1. The van der Waals surface area contributed by atoms with Crippen LogP contribution in [-0.2, 0) is 16.1 Å². The van der Waals surface area contributed by atoms with Crippen molar-refractivity contribution in [3.63, 3.8) is 0 Å². The van der Waals surface area contributed by atoms with Gasteiger partial charge < -0.3 is 15.2 Å². The number of amides is 1. The second kappa shape index (κ2) is 11.4. The van der Waals surface area contributed by atoms with Gasteiger partial charge in [-0.1, -0.05) is 36.8 Å². The number of hydrogen-bond donors (Lipinski definition) is 2. The second-order valence-electron chi connectivity index (χ2n) is 8.32. The molecule has 1 aromatic carbocycles. The highest BCUT2D eigenvalue weighted by molar-refractivity contribution is 7.21. The summed E-state index contributed by atoms with van der Waals surface area (Å²) in [6.07, 6.45) is 7.34. The third-order valence-electron chi connectivity index (χ3n) is 6.04. The molecule has 1 aliphatic rings. The van der Waals surface area contributed by atoms with Crippen molar-refractivity contribution in [2.75, 3.05) is 25.6 Å². The first kappa shape index (κ1) is 24.1. The number of carbonyl (C=O) groups excluding carboxylic acids is 2. The molecule has 2 aromatic heterocycles. The van der Waals surface area contributed by atoms with E-state index in [0.717, 1.165) is 37.1 Å². The van der Waals surface area contributed by atoms with Gasteiger partial charge in [-0.2, -0.15) is 0 Å². The van der Waals surface area contributed by atoms with Gasteiger partial charge in [0.2, 0.25) is 5.91 Å². The van der Waals surface area contributed by atoms with Crippen LogP contribution in [0.2, 0.25) is 0 Å². The molecular formula is C26H29N3O4S. The first-order valence-corrected chi connectivity index (χ1v) is 12.3. The number of pyridine rings is 1. The van der Waals surface area contributed by atoms with Crippen LogP contribution < -0.4 is 5.32 Å². The molecular weight excluding hydrogens is 450 g/mol. The highest BCUT2D eigenvalue weighted by atomic mass is 32.1. The monoisotopic (exact) mass is 479 g/mol. The number of nitrogens with one attached hydrogen (secondary N) is 1. The Balaban J connectivity index is 1.58. The van der Waals surface area contributed by atoms with Crippen molar-refractivity contribution < 1.29 is 19.4 Å². The van der Waals surface area contributed by atoms with Gasteiger partial charge in [0.15, 0.2) is 0 Å². The Kier molecular flexibility index (Phi) is 8.05. The molecule has 0 saturated carbocycles. The van der Waals surface area contributed by atoms with E-state index in [1.807, 2.05) is 42.5 Å². The number of nitrogens with zero attached hydrogens (tertiary/aromatic N) is 2. The maximum absolute atomic E-state index is 12.6. The molecule has 0 spiro atoms. The minimum atomic E-state index is -0.508. The van der Waals surface area contributed by atoms with E-state index >= 15 is 0 Å². The van der Waals surface area contributed by atoms with Crippen molar-refractivity contribution in [2.24, 2.45) is 0 Å². The number of fused-ring (bicyclic) bond motifs is 1. The van der Waals surface area contributed by atoms with Gasteiger partial charge in [-0.05, 0) is 49.6 Å². The van der Waals surface area contributed by atoms with Crippen LogP contribution in [0.3, 0.4) is 0 Å². The number of methoxy groups -OCH3 is 1. The molecule has 1 amide bonds. The lowest BCUT2D eigenvalue weighted by Crippen LogP contribution is -2.39. The Morgan fingerprint density at radius 2 is 2.06 bits per heavy atom. The fourth-order valence-corrected chi connectivity index (χ4v) is 5.38. The molecule has 1 saturated heterocycles. The number of aliphatic hydroxyl groups excluding tert-OH is 1. The lowest BCUT2D eigenvalue weighted by atomic mass is 9.99. The highest BCUT2D eigenvalue weighted by Crippen LogP contribution is 2.36. The molecule has 8 heteroatoms. The minimum absolute atomic E-state index is 0.183. The van der Waals surface area contributed by atoms with Gasteiger partial charge in [-0.3, -0.25) is 9.69 Å². The van der Waals surface area contributed by atoms with E-state index in [4.69, 9.17) is 9.72 Å². The zero-order valence-electron chi connectivity index (χ0n) is 19.2. The highest BCUT2D eigenvalue weighted by Gasteiger charge is 2.24. The van der Waals surface area contributed by atoms with Gasteiger partial charge in [0, 0.05) is 30.7 Å². The van der Waals surface area contributed by atoms with Crippen LogP contribution in [0, 0.1) is 0 Å². The van der Waals surface area contributed by atoms with Crippen LogP contribution in [0.4, 0.5) is 5.69 Å². The predicted molar refractivity (Wildman–Crippen MR) is 135 cm³/mol. The number of carbonyl (C=O) groups is 2. The molecule has 3 aromatic rings. The summed E-state index contributed by atoms with van der Waals surface area (Å²) in [4.78, 5) is 33.2. The molecule has 0 aliphatic carbocycles.